The Morgan fingerprint density at radius 1 is 1.27 bits per heavy atom. The zero-order valence-corrected chi connectivity index (χ0v) is 6.97. The van der Waals surface area contributed by atoms with E-state index in [1.807, 2.05) is 17.8 Å². The summed E-state index contributed by atoms with van der Waals surface area (Å²) in [5, 5.41) is 0.483. The molecule has 0 aromatic heterocycles. The highest BCUT2D eigenvalue weighted by Gasteiger charge is 1.99. The van der Waals surface area contributed by atoms with Gasteiger partial charge in [-0.25, -0.2) is 0 Å². The van der Waals surface area contributed by atoms with Gasteiger partial charge in [0.1, 0.15) is 0 Å². The monoisotopic (exact) mass is 161 g/mol. The van der Waals surface area contributed by atoms with Crippen LogP contribution in [0.5, 0.6) is 0 Å². The van der Waals surface area contributed by atoms with E-state index in [-0.39, 0.29) is 0 Å². The van der Waals surface area contributed by atoms with E-state index in [4.69, 9.17) is 0 Å². The predicted molar refractivity (Wildman–Crippen MR) is 49.5 cm³/mol. The average Bonchev–Trinajstić information content (AvgIpc) is 2.58. The zero-order valence-electron chi connectivity index (χ0n) is 6.16. The van der Waals surface area contributed by atoms with E-state index >= 15 is 0 Å². The zero-order chi connectivity index (χ0) is 7.52. The molecule has 0 nitrogen and oxygen atoms in total. The highest BCUT2D eigenvalue weighted by atomic mass is 32.2. The molecule has 0 amide bonds. The minimum absolute atomic E-state index is 0.483. The third kappa shape index (κ3) is 1.48. The molecule has 0 radical (unpaired) electrons. The van der Waals surface area contributed by atoms with E-state index in [1.54, 1.807) is 0 Å². The van der Waals surface area contributed by atoms with Crippen molar-refractivity contribution in [1.82, 2.24) is 0 Å². The molecule has 1 aliphatic heterocycles. The van der Waals surface area contributed by atoms with Crippen LogP contribution in [0.4, 0.5) is 0 Å². The minimum atomic E-state index is 0.483. The fourth-order valence-corrected chi connectivity index (χ4v) is 2.09. The van der Waals surface area contributed by atoms with Gasteiger partial charge in [0, 0.05) is 0 Å². The Labute approximate surface area is 71.3 Å². The van der Waals surface area contributed by atoms with Crippen LogP contribution in [0.1, 0.15) is 10.8 Å². The molecule has 1 aromatic rings. The SMILES string of the molecule is [C-]1=CCSC1c1ccccc1. The molecular formula is C10H9S-. The van der Waals surface area contributed by atoms with E-state index in [0.717, 1.165) is 5.75 Å². The van der Waals surface area contributed by atoms with Gasteiger partial charge in [0.25, 0.3) is 0 Å². The first kappa shape index (κ1) is 6.99. The quantitative estimate of drug-likeness (QED) is 0.571. The lowest BCUT2D eigenvalue weighted by atomic mass is 10.1. The Hall–Kier alpha value is -0.690. The van der Waals surface area contributed by atoms with E-state index in [9.17, 15) is 0 Å². The predicted octanol–water partition coefficient (Wildman–Crippen LogP) is 2.83. The molecule has 1 heteroatoms. The maximum absolute atomic E-state index is 3.31. The van der Waals surface area contributed by atoms with Gasteiger partial charge in [-0.15, -0.1) is 5.25 Å². The molecule has 0 bridgehead atoms. The summed E-state index contributed by atoms with van der Waals surface area (Å²) >= 11 is 1.93. The lowest BCUT2D eigenvalue weighted by molar-refractivity contribution is 1.21. The second-order valence-electron chi connectivity index (χ2n) is 2.49. The molecule has 1 unspecified atom stereocenters. The van der Waals surface area contributed by atoms with Crippen molar-refractivity contribution in [3.63, 3.8) is 0 Å². The molecule has 2 rings (SSSR count). The van der Waals surface area contributed by atoms with Crippen LogP contribution in [0, 0.1) is 6.08 Å². The first-order chi connectivity index (χ1) is 5.47. The first-order valence-electron chi connectivity index (χ1n) is 3.71. The summed E-state index contributed by atoms with van der Waals surface area (Å²) in [6, 6.07) is 10.5. The standard InChI is InChI=1S/C10H9S/c1-2-5-9(6-3-1)10-7-4-8-11-10/h1-6,10H,8H2/q-1. The summed E-state index contributed by atoms with van der Waals surface area (Å²) in [7, 11) is 0. The lowest BCUT2D eigenvalue weighted by Gasteiger charge is -2.16. The van der Waals surface area contributed by atoms with Gasteiger partial charge in [0.15, 0.2) is 0 Å². The largest absolute Gasteiger partial charge is 0.482 e. The van der Waals surface area contributed by atoms with Crippen molar-refractivity contribution in [2.75, 3.05) is 5.75 Å². The van der Waals surface area contributed by atoms with Gasteiger partial charge in [-0.2, -0.15) is 11.8 Å². The summed E-state index contributed by atoms with van der Waals surface area (Å²) < 4.78 is 0. The number of thioether (sulfide) groups is 1. The fraction of sp³-hybridized carbons (Fsp3) is 0.200. The molecule has 0 saturated heterocycles. The highest BCUT2D eigenvalue weighted by molar-refractivity contribution is 8.00. The van der Waals surface area contributed by atoms with Crippen LogP contribution in [-0.4, -0.2) is 5.75 Å². The molecule has 1 aromatic carbocycles. The smallest absolute Gasteiger partial charge is 0.0223 e. The summed E-state index contributed by atoms with van der Waals surface area (Å²) in [5.41, 5.74) is 1.37. The van der Waals surface area contributed by atoms with Crippen LogP contribution in [0.3, 0.4) is 0 Å². The van der Waals surface area contributed by atoms with Crippen molar-refractivity contribution < 1.29 is 0 Å². The Bertz CT molecular complexity index is 251. The summed E-state index contributed by atoms with van der Waals surface area (Å²) in [6.45, 7) is 0. The van der Waals surface area contributed by atoms with E-state index in [1.165, 1.54) is 5.56 Å². The summed E-state index contributed by atoms with van der Waals surface area (Å²) in [4.78, 5) is 0. The minimum Gasteiger partial charge on any atom is -0.482 e. The van der Waals surface area contributed by atoms with Gasteiger partial charge in [-0.3, -0.25) is 6.08 Å². The van der Waals surface area contributed by atoms with Crippen LogP contribution in [0.2, 0.25) is 0 Å². The Kier molecular flexibility index (Phi) is 1.99. The van der Waals surface area contributed by atoms with Crippen molar-refractivity contribution in [3.05, 3.63) is 48.0 Å². The number of hydrogen-bond acceptors (Lipinski definition) is 1. The van der Waals surface area contributed by atoms with Crippen LogP contribution in [-0.2, 0) is 0 Å². The van der Waals surface area contributed by atoms with E-state index in [2.05, 4.69) is 36.4 Å². The van der Waals surface area contributed by atoms with Crippen LogP contribution in [0.25, 0.3) is 0 Å². The Morgan fingerprint density at radius 3 is 2.73 bits per heavy atom. The van der Waals surface area contributed by atoms with Crippen molar-refractivity contribution in [1.29, 1.82) is 0 Å². The Balaban J connectivity index is 2.23. The maximum Gasteiger partial charge on any atom is -0.0223 e. The van der Waals surface area contributed by atoms with Crippen molar-refractivity contribution in [2.45, 2.75) is 5.25 Å². The Morgan fingerprint density at radius 2 is 2.09 bits per heavy atom. The maximum atomic E-state index is 3.31. The second-order valence-corrected chi connectivity index (χ2v) is 3.63. The van der Waals surface area contributed by atoms with E-state index in [0.29, 0.717) is 5.25 Å². The molecule has 0 N–H and O–H groups in total. The van der Waals surface area contributed by atoms with Gasteiger partial charge in [-0.05, 0) is 5.75 Å². The molecule has 0 fully saturated rings. The van der Waals surface area contributed by atoms with E-state index < -0.39 is 0 Å². The van der Waals surface area contributed by atoms with Crippen LogP contribution >= 0.6 is 11.8 Å². The number of rotatable bonds is 1. The molecular weight excluding hydrogens is 152 g/mol. The normalized spacial score (nSPS) is 22.4. The van der Waals surface area contributed by atoms with Gasteiger partial charge >= 0.3 is 0 Å². The van der Waals surface area contributed by atoms with Gasteiger partial charge < -0.3 is 6.08 Å². The molecule has 1 aliphatic rings. The number of benzene rings is 1. The van der Waals surface area contributed by atoms with Gasteiger partial charge in [0.05, 0.1) is 0 Å². The van der Waals surface area contributed by atoms with Crippen LogP contribution < -0.4 is 0 Å². The van der Waals surface area contributed by atoms with Crippen molar-refractivity contribution in [3.8, 4) is 0 Å². The fourth-order valence-electron chi connectivity index (χ4n) is 1.17. The molecule has 0 spiro atoms. The van der Waals surface area contributed by atoms with Crippen LogP contribution in [0.15, 0.2) is 36.4 Å². The lowest BCUT2D eigenvalue weighted by Crippen LogP contribution is -1.84. The van der Waals surface area contributed by atoms with Gasteiger partial charge in [0.2, 0.25) is 0 Å². The molecule has 0 aliphatic carbocycles. The van der Waals surface area contributed by atoms with Crippen molar-refractivity contribution in [2.24, 2.45) is 0 Å². The summed E-state index contributed by atoms with van der Waals surface area (Å²) in [6.07, 6.45) is 5.42. The first-order valence-corrected chi connectivity index (χ1v) is 4.76. The molecule has 11 heavy (non-hydrogen) atoms. The highest BCUT2D eigenvalue weighted by Crippen LogP contribution is 2.33. The second kappa shape index (κ2) is 3.14. The summed E-state index contributed by atoms with van der Waals surface area (Å²) in [5.74, 6) is 1.11. The topological polar surface area (TPSA) is 0 Å². The molecule has 56 valence electrons. The average molecular weight is 161 g/mol. The third-order valence-corrected chi connectivity index (χ3v) is 2.82. The third-order valence-electron chi connectivity index (χ3n) is 1.72. The van der Waals surface area contributed by atoms with Gasteiger partial charge in [-0.1, -0.05) is 35.9 Å². The number of hydrogen-bond donors (Lipinski definition) is 0. The molecule has 0 saturated carbocycles. The molecule has 1 atom stereocenters. The van der Waals surface area contributed by atoms with Crippen molar-refractivity contribution >= 4 is 11.8 Å². The molecule has 1 heterocycles.